The highest BCUT2D eigenvalue weighted by Crippen LogP contribution is 2.42. The van der Waals surface area contributed by atoms with Crippen LogP contribution in [-0.2, 0) is 20.2 Å². The highest BCUT2D eigenvalue weighted by atomic mass is 19.3. The first-order chi connectivity index (χ1) is 18.1. The number of aromatic nitrogens is 2. The molecule has 1 aromatic heterocycles. The maximum atomic E-state index is 15.4. The number of ether oxygens (including phenoxy) is 2. The normalized spacial score (nSPS) is 16.2. The first-order valence-electron chi connectivity index (χ1n) is 12.2. The number of nitrogens with one attached hydrogen (secondary N) is 2. The SMILES string of the molecule is C=C(F)CCNC(=O)C(F)c1nc(C)nc(N[C@H](C)c2cccc(C(F)(F)C(C)(C)O)c2F)c1C1OCCO1. The molecule has 0 radical (unpaired) electrons. The van der Waals surface area contributed by atoms with Gasteiger partial charge in [-0.05, 0) is 33.8 Å². The van der Waals surface area contributed by atoms with E-state index in [4.69, 9.17) is 9.47 Å². The van der Waals surface area contributed by atoms with Crippen LogP contribution in [-0.4, -0.2) is 46.3 Å². The molecule has 1 amide bonds. The molecule has 13 heteroatoms. The maximum Gasteiger partial charge on any atom is 0.303 e. The number of carbonyl (C=O) groups excluding carboxylic acids is 1. The van der Waals surface area contributed by atoms with Crippen LogP contribution in [0.15, 0.2) is 30.6 Å². The van der Waals surface area contributed by atoms with Gasteiger partial charge < -0.3 is 25.2 Å². The van der Waals surface area contributed by atoms with Crippen molar-refractivity contribution in [1.82, 2.24) is 15.3 Å². The quantitative estimate of drug-likeness (QED) is 0.333. The molecule has 0 spiro atoms. The number of aliphatic hydroxyl groups is 1. The topological polar surface area (TPSA) is 106 Å². The fourth-order valence-electron chi connectivity index (χ4n) is 3.94. The average molecular weight is 559 g/mol. The Labute approximate surface area is 222 Å². The zero-order chi connectivity index (χ0) is 29.1. The Morgan fingerprint density at radius 3 is 2.49 bits per heavy atom. The van der Waals surface area contributed by atoms with Crippen molar-refractivity contribution >= 4 is 11.7 Å². The highest BCUT2D eigenvalue weighted by molar-refractivity contribution is 5.82. The average Bonchev–Trinajstić information content (AvgIpc) is 3.36. The Balaban J connectivity index is 2.01. The summed E-state index contributed by atoms with van der Waals surface area (Å²) in [7, 11) is 0. The zero-order valence-electron chi connectivity index (χ0n) is 22.0. The van der Waals surface area contributed by atoms with Gasteiger partial charge in [0.1, 0.15) is 23.1 Å². The number of aryl methyl sites for hydroxylation is 1. The molecule has 1 aliphatic rings. The molecule has 0 aliphatic carbocycles. The van der Waals surface area contributed by atoms with E-state index in [1.54, 1.807) is 0 Å². The number of alkyl halides is 3. The molecule has 214 valence electrons. The van der Waals surface area contributed by atoms with Gasteiger partial charge in [0.15, 0.2) is 6.29 Å². The third-order valence-electron chi connectivity index (χ3n) is 6.07. The van der Waals surface area contributed by atoms with Gasteiger partial charge in [-0.3, -0.25) is 4.79 Å². The molecule has 0 saturated carbocycles. The van der Waals surface area contributed by atoms with E-state index in [9.17, 15) is 23.1 Å². The van der Waals surface area contributed by atoms with Crippen LogP contribution >= 0.6 is 0 Å². The van der Waals surface area contributed by atoms with Crippen LogP contribution in [0.4, 0.5) is 27.8 Å². The smallest absolute Gasteiger partial charge is 0.303 e. The van der Waals surface area contributed by atoms with E-state index in [1.165, 1.54) is 26.0 Å². The van der Waals surface area contributed by atoms with Gasteiger partial charge in [0, 0.05) is 18.5 Å². The summed E-state index contributed by atoms with van der Waals surface area (Å²) < 4.78 is 84.3. The summed E-state index contributed by atoms with van der Waals surface area (Å²) in [4.78, 5) is 20.8. The van der Waals surface area contributed by atoms with E-state index in [0.717, 1.165) is 19.9 Å². The minimum atomic E-state index is -3.91. The second-order valence-corrected chi connectivity index (χ2v) is 9.62. The minimum Gasteiger partial charge on any atom is -0.384 e. The predicted molar refractivity (Wildman–Crippen MR) is 132 cm³/mol. The zero-order valence-corrected chi connectivity index (χ0v) is 22.0. The van der Waals surface area contributed by atoms with Gasteiger partial charge in [-0.15, -0.1) is 0 Å². The molecule has 1 saturated heterocycles. The second kappa shape index (κ2) is 11.9. The number of nitrogens with zero attached hydrogens (tertiary/aromatic N) is 2. The van der Waals surface area contributed by atoms with Crippen molar-refractivity contribution in [1.29, 1.82) is 0 Å². The van der Waals surface area contributed by atoms with Gasteiger partial charge >= 0.3 is 5.92 Å². The molecule has 8 nitrogen and oxygen atoms in total. The molecule has 3 rings (SSSR count). The molecule has 1 aliphatic heterocycles. The lowest BCUT2D eigenvalue weighted by Gasteiger charge is -2.30. The molecule has 39 heavy (non-hydrogen) atoms. The van der Waals surface area contributed by atoms with Crippen molar-refractivity contribution in [3.63, 3.8) is 0 Å². The Bertz CT molecular complexity index is 1220. The summed E-state index contributed by atoms with van der Waals surface area (Å²) in [5.74, 6) is -6.97. The first-order valence-corrected chi connectivity index (χ1v) is 12.2. The van der Waals surface area contributed by atoms with E-state index in [1.807, 2.05) is 0 Å². The lowest BCUT2D eigenvalue weighted by molar-refractivity contribution is -0.170. The minimum absolute atomic E-state index is 0.0387. The predicted octanol–water partition coefficient (Wildman–Crippen LogP) is 5.01. The first kappa shape index (κ1) is 30.4. The van der Waals surface area contributed by atoms with E-state index in [2.05, 4.69) is 27.2 Å². The van der Waals surface area contributed by atoms with Crippen LogP contribution in [0.25, 0.3) is 0 Å². The molecule has 2 atom stereocenters. The fraction of sp³-hybridized carbons (Fsp3) is 0.500. The monoisotopic (exact) mass is 558 g/mol. The summed E-state index contributed by atoms with van der Waals surface area (Å²) in [5, 5.41) is 15.1. The van der Waals surface area contributed by atoms with Crippen LogP contribution in [0, 0.1) is 12.7 Å². The van der Waals surface area contributed by atoms with E-state index in [0.29, 0.717) is 0 Å². The summed E-state index contributed by atoms with van der Waals surface area (Å²) in [6.07, 6.45) is -3.71. The number of halogens is 5. The molecule has 2 heterocycles. The summed E-state index contributed by atoms with van der Waals surface area (Å²) >= 11 is 0. The number of rotatable bonds is 11. The Kier molecular flexibility index (Phi) is 9.29. The number of hydrogen-bond donors (Lipinski definition) is 3. The standard InChI is InChI=1S/C26H31F5N4O4/c1-13(27)9-10-32-23(36)20(29)21-18(24-38-11-12-39-24)22(35-15(3)34-21)33-14(2)16-7-6-8-17(19(16)28)26(30,31)25(4,5)37/h6-8,14,20,24,37H,1,9-12H2,2-5H3,(H,32,36)(H,33,34,35)/t14-,20?/m1/s1. The molecule has 0 bridgehead atoms. The van der Waals surface area contributed by atoms with Crippen molar-refractivity contribution in [3.05, 3.63) is 64.6 Å². The largest absolute Gasteiger partial charge is 0.384 e. The Hall–Kier alpha value is -3.16. The number of amides is 1. The maximum absolute atomic E-state index is 15.4. The molecule has 3 N–H and O–H groups in total. The Morgan fingerprint density at radius 1 is 1.26 bits per heavy atom. The van der Waals surface area contributed by atoms with Gasteiger partial charge in [0.05, 0.1) is 41.9 Å². The van der Waals surface area contributed by atoms with Crippen LogP contribution < -0.4 is 10.6 Å². The summed E-state index contributed by atoms with van der Waals surface area (Å²) in [6.45, 7) is 7.82. The number of hydrogen-bond acceptors (Lipinski definition) is 7. The van der Waals surface area contributed by atoms with Gasteiger partial charge in [0.25, 0.3) is 5.91 Å². The second-order valence-electron chi connectivity index (χ2n) is 9.62. The molecule has 1 fully saturated rings. The highest BCUT2D eigenvalue weighted by Gasteiger charge is 2.49. The van der Waals surface area contributed by atoms with Gasteiger partial charge in [0.2, 0.25) is 6.17 Å². The van der Waals surface area contributed by atoms with Crippen LogP contribution in [0.1, 0.15) is 73.9 Å². The summed E-state index contributed by atoms with van der Waals surface area (Å²) in [5.41, 5.74) is -4.18. The summed E-state index contributed by atoms with van der Waals surface area (Å²) in [6, 6.07) is 2.37. The van der Waals surface area contributed by atoms with Crippen molar-refractivity contribution < 1.29 is 41.3 Å². The molecule has 1 aromatic carbocycles. The fourth-order valence-corrected chi connectivity index (χ4v) is 3.94. The van der Waals surface area contributed by atoms with Gasteiger partial charge in [-0.2, -0.15) is 8.78 Å². The molecule has 1 unspecified atom stereocenters. The van der Waals surface area contributed by atoms with Gasteiger partial charge in [-0.1, -0.05) is 18.7 Å². The number of benzene rings is 1. The van der Waals surface area contributed by atoms with Gasteiger partial charge in [-0.25, -0.2) is 23.1 Å². The van der Waals surface area contributed by atoms with E-state index < -0.39 is 53.1 Å². The van der Waals surface area contributed by atoms with Crippen molar-refractivity contribution in [2.24, 2.45) is 0 Å². The van der Waals surface area contributed by atoms with Crippen LogP contribution in [0.3, 0.4) is 0 Å². The van der Waals surface area contributed by atoms with Crippen molar-refractivity contribution in [2.75, 3.05) is 25.1 Å². The third kappa shape index (κ3) is 6.71. The van der Waals surface area contributed by atoms with E-state index >= 15 is 8.78 Å². The van der Waals surface area contributed by atoms with Crippen molar-refractivity contribution in [2.45, 2.75) is 64.1 Å². The molecular formula is C26H31F5N4O4. The third-order valence-corrected chi connectivity index (χ3v) is 6.07. The van der Waals surface area contributed by atoms with E-state index in [-0.39, 0.29) is 54.6 Å². The molecular weight excluding hydrogens is 527 g/mol. The number of anilines is 1. The van der Waals surface area contributed by atoms with Crippen LogP contribution in [0.5, 0.6) is 0 Å². The lowest BCUT2D eigenvalue weighted by Crippen LogP contribution is -2.41. The van der Waals surface area contributed by atoms with Crippen molar-refractivity contribution in [3.8, 4) is 0 Å². The Morgan fingerprint density at radius 2 is 1.90 bits per heavy atom. The molecule has 2 aromatic rings. The van der Waals surface area contributed by atoms with Crippen LogP contribution in [0.2, 0.25) is 0 Å². The lowest BCUT2D eigenvalue weighted by atomic mass is 9.91. The number of carbonyl (C=O) groups is 1.